The summed E-state index contributed by atoms with van der Waals surface area (Å²) in [6, 6.07) is 23.3. The Kier molecular flexibility index (Phi) is 6.91. The Labute approximate surface area is 179 Å². The van der Waals surface area contributed by atoms with Gasteiger partial charge in [0.15, 0.2) is 0 Å². The van der Waals surface area contributed by atoms with Crippen LogP contribution in [0.1, 0.15) is 11.1 Å². The zero-order chi connectivity index (χ0) is 20.6. The van der Waals surface area contributed by atoms with Crippen LogP contribution in [0.4, 0.5) is 5.69 Å². The van der Waals surface area contributed by atoms with E-state index < -0.39 is 5.91 Å². The van der Waals surface area contributed by atoms with Crippen molar-refractivity contribution in [2.75, 3.05) is 5.32 Å². The Morgan fingerprint density at radius 3 is 2.45 bits per heavy atom. The summed E-state index contributed by atoms with van der Waals surface area (Å²) in [5.74, 6) is 0.0606. The van der Waals surface area contributed by atoms with Crippen molar-refractivity contribution >= 4 is 40.9 Å². The predicted molar refractivity (Wildman–Crippen MR) is 116 cm³/mol. The van der Waals surface area contributed by atoms with Crippen LogP contribution in [0.3, 0.4) is 0 Å². The molecule has 0 saturated heterocycles. The molecule has 0 atom stereocenters. The molecule has 0 spiro atoms. The molecule has 6 heteroatoms. The molecule has 0 aliphatic heterocycles. The molecule has 0 aromatic heterocycles. The first kappa shape index (κ1) is 20.5. The molecule has 0 radical (unpaired) electrons. The Morgan fingerprint density at radius 1 is 1.00 bits per heavy atom. The van der Waals surface area contributed by atoms with E-state index in [0.29, 0.717) is 33.7 Å². The fraction of sp³-hybridized carbons (Fsp3) is 0.0435. The summed E-state index contributed by atoms with van der Waals surface area (Å²) < 4.78 is 5.79. The quantitative estimate of drug-likeness (QED) is 0.384. The van der Waals surface area contributed by atoms with E-state index in [2.05, 4.69) is 5.32 Å². The number of nitrogens with one attached hydrogen (secondary N) is 1. The summed E-state index contributed by atoms with van der Waals surface area (Å²) in [4.78, 5) is 12.4. The van der Waals surface area contributed by atoms with Crippen LogP contribution < -0.4 is 10.1 Å². The van der Waals surface area contributed by atoms with Gasteiger partial charge in [-0.15, -0.1) is 0 Å². The fourth-order valence-electron chi connectivity index (χ4n) is 2.54. The summed E-state index contributed by atoms with van der Waals surface area (Å²) in [6.45, 7) is 0.310. The summed E-state index contributed by atoms with van der Waals surface area (Å²) in [7, 11) is 0. The lowest BCUT2D eigenvalue weighted by Gasteiger charge is -2.09. The number of benzene rings is 3. The molecule has 1 N–H and O–H groups in total. The molecule has 0 aliphatic rings. The molecule has 0 aliphatic carbocycles. The average Bonchev–Trinajstić information content (AvgIpc) is 2.73. The molecular weight excluding hydrogens is 407 g/mol. The average molecular weight is 423 g/mol. The number of ether oxygens (including phenoxy) is 1. The van der Waals surface area contributed by atoms with Crippen molar-refractivity contribution in [3.63, 3.8) is 0 Å². The molecule has 3 rings (SSSR count). The molecule has 29 heavy (non-hydrogen) atoms. The first-order valence-electron chi connectivity index (χ1n) is 8.71. The third-order valence-electron chi connectivity index (χ3n) is 4.01. The standard InChI is InChI=1S/C23H16Cl2N2O2/c24-20-9-2-1-7-17(20)15-29-19-8-5-6-16(13-19)12-18(14-26)23(28)27-22-11-4-3-10-21(22)25/h1-13H,15H2,(H,27,28)/b18-12-. The number of hydrogen-bond donors (Lipinski definition) is 1. The van der Waals surface area contributed by atoms with Crippen molar-refractivity contribution in [2.24, 2.45) is 0 Å². The van der Waals surface area contributed by atoms with Crippen LogP contribution in [0.2, 0.25) is 10.0 Å². The number of nitriles is 1. The highest BCUT2D eigenvalue weighted by atomic mass is 35.5. The van der Waals surface area contributed by atoms with E-state index in [1.165, 1.54) is 6.08 Å². The van der Waals surface area contributed by atoms with Crippen molar-refractivity contribution in [1.82, 2.24) is 0 Å². The minimum Gasteiger partial charge on any atom is -0.489 e. The van der Waals surface area contributed by atoms with E-state index in [1.54, 1.807) is 54.6 Å². The highest BCUT2D eigenvalue weighted by Gasteiger charge is 2.11. The number of rotatable bonds is 6. The van der Waals surface area contributed by atoms with Crippen LogP contribution in [0.5, 0.6) is 5.75 Å². The van der Waals surface area contributed by atoms with Gasteiger partial charge < -0.3 is 10.1 Å². The van der Waals surface area contributed by atoms with Crippen LogP contribution in [0.15, 0.2) is 78.4 Å². The van der Waals surface area contributed by atoms with Gasteiger partial charge in [0.2, 0.25) is 0 Å². The van der Waals surface area contributed by atoms with Gasteiger partial charge in [0.25, 0.3) is 5.91 Å². The van der Waals surface area contributed by atoms with Gasteiger partial charge in [-0.2, -0.15) is 5.26 Å². The SMILES string of the molecule is N#C/C(=C/c1cccc(OCc2ccccc2Cl)c1)C(=O)Nc1ccccc1Cl. The van der Waals surface area contributed by atoms with Crippen LogP contribution in [-0.4, -0.2) is 5.91 Å². The van der Waals surface area contributed by atoms with Gasteiger partial charge in [-0.05, 0) is 42.0 Å². The number of carbonyl (C=O) groups excluding carboxylic acids is 1. The second-order valence-electron chi connectivity index (χ2n) is 6.06. The van der Waals surface area contributed by atoms with Gasteiger partial charge in [0.05, 0.1) is 10.7 Å². The maximum Gasteiger partial charge on any atom is 0.266 e. The van der Waals surface area contributed by atoms with Gasteiger partial charge in [-0.3, -0.25) is 4.79 Å². The fourth-order valence-corrected chi connectivity index (χ4v) is 2.91. The monoisotopic (exact) mass is 422 g/mol. The number of para-hydroxylation sites is 1. The van der Waals surface area contributed by atoms with Crippen molar-refractivity contribution in [3.8, 4) is 11.8 Å². The van der Waals surface area contributed by atoms with Crippen molar-refractivity contribution in [1.29, 1.82) is 5.26 Å². The molecule has 0 bridgehead atoms. The lowest BCUT2D eigenvalue weighted by molar-refractivity contribution is -0.112. The molecule has 0 unspecified atom stereocenters. The zero-order valence-electron chi connectivity index (χ0n) is 15.2. The van der Waals surface area contributed by atoms with Gasteiger partial charge >= 0.3 is 0 Å². The first-order chi connectivity index (χ1) is 14.1. The van der Waals surface area contributed by atoms with Gasteiger partial charge in [-0.25, -0.2) is 0 Å². The lowest BCUT2D eigenvalue weighted by atomic mass is 10.1. The second kappa shape index (κ2) is 9.79. The predicted octanol–water partition coefficient (Wildman–Crippen LogP) is 6.12. The van der Waals surface area contributed by atoms with E-state index in [0.717, 1.165) is 5.56 Å². The topological polar surface area (TPSA) is 62.1 Å². The van der Waals surface area contributed by atoms with Crippen LogP contribution >= 0.6 is 23.2 Å². The van der Waals surface area contributed by atoms with E-state index in [9.17, 15) is 10.1 Å². The molecule has 3 aromatic rings. The van der Waals surface area contributed by atoms with Crippen molar-refractivity contribution < 1.29 is 9.53 Å². The molecule has 1 amide bonds. The first-order valence-corrected chi connectivity index (χ1v) is 9.46. The Bertz CT molecular complexity index is 1100. The number of hydrogen-bond acceptors (Lipinski definition) is 3. The van der Waals surface area contributed by atoms with Crippen LogP contribution in [-0.2, 0) is 11.4 Å². The highest BCUT2D eigenvalue weighted by Crippen LogP contribution is 2.23. The number of halogens is 2. The second-order valence-corrected chi connectivity index (χ2v) is 6.87. The summed E-state index contributed by atoms with van der Waals surface area (Å²) in [5, 5.41) is 13.1. The van der Waals surface area contributed by atoms with Crippen LogP contribution in [0, 0.1) is 11.3 Å². The maximum absolute atomic E-state index is 12.4. The third kappa shape index (κ3) is 5.61. The normalized spacial score (nSPS) is 10.9. The number of carbonyl (C=O) groups is 1. The smallest absolute Gasteiger partial charge is 0.266 e. The number of amides is 1. The number of nitrogens with zero attached hydrogens (tertiary/aromatic N) is 1. The maximum atomic E-state index is 12.4. The van der Waals surface area contributed by atoms with Gasteiger partial charge in [-0.1, -0.05) is 65.7 Å². The molecule has 0 fully saturated rings. The zero-order valence-corrected chi connectivity index (χ0v) is 16.7. The van der Waals surface area contributed by atoms with E-state index in [4.69, 9.17) is 27.9 Å². The Balaban J connectivity index is 1.73. The highest BCUT2D eigenvalue weighted by molar-refractivity contribution is 6.34. The Morgan fingerprint density at radius 2 is 1.72 bits per heavy atom. The summed E-state index contributed by atoms with van der Waals surface area (Å²) >= 11 is 12.2. The number of anilines is 1. The molecule has 4 nitrogen and oxygen atoms in total. The van der Waals surface area contributed by atoms with E-state index in [-0.39, 0.29) is 5.57 Å². The molecule has 0 heterocycles. The molecule has 0 saturated carbocycles. The van der Waals surface area contributed by atoms with Crippen molar-refractivity contribution in [3.05, 3.63) is 99.5 Å². The summed E-state index contributed by atoms with van der Waals surface area (Å²) in [5.41, 5.74) is 1.92. The third-order valence-corrected chi connectivity index (χ3v) is 4.71. The lowest BCUT2D eigenvalue weighted by Crippen LogP contribution is -2.13. The summed E-state index contributed by atoms with van der Waals surface area (Å²) in [6.07, 6.45) is 1.49. The van der Waals surface area contributed by atoms with E-state index in [1.807, 2.05) is 24.3 Å². The minimum absolute atomic E-state index is 0.0480. The Hall–Kier alpha value is -3.26. The molecule has 144 valence electrons. The molecule has 3 aromatic carbocycles. The van der Waals surface area contributed by atoms with Gasteiger partial charge in [0.1, 0.15) is 24.0 Å². The van der Waals surface area contributed by atoms with Crippen molar-refractivity contribution in [2.45, 2.75) is 6.61 Å². The van der Waals surface area contributed by atoms with Gasteiger partial charge in [0, 0.05) is 10.6 Å². The van der Waals surface area contributed by atoms with Crippen LogP contribution in [0.25, 0.3) is 6.08 Å². The molecular formula is C23H16Cl2N2O2. The minimum atomic E-state index is -0.539. The van der Waals surface area contributed by atoms with E-state index >= 15 is 0 Å². The largest absolute Gasteiger partial charge is 0.489 e.